The van der Waals surface area contributed by atoms with Crippen molar-refractivity contribution in [2.75, 3.05) is 59.3 Å². The molecule has 0 N–H and O–H groups in total. The van der Waals surface area contributed by atoms with Gasteiger partial charge in [-0.2, -0.15) is 0 Å². The Morgan fingerprint density at radius 1 is 0.316 bits per heavy atom. The molecule has 0 heterocycles. The lowest BCUT2D eigenvalue weighted by atomic mass is 9.94. The maximum absolute atomic E-state index is 13.1. The highest BCUT2D eigenvalue weighted by Gasteiger charge is 2.22. The number of nitrogens with zero attached hydrogens (tertiary/aromatic N) is 1. The number of hydrogen-bond donors (Lipinski definition) is 0. The highest BCUT2D eigenvalue weighted by Crippen LogP contribution is 2.23. The van der Waals surface area contributed by atoms with Crippen LogP contribution < -0.4 is 0 Å². The average Bonchev–Trinajstić information content (AvgIpc) is 3.42. The summed E-state index contributed by atoms with van der Waals surface area (Å²) in [6, 6.07) is 0. The number of carbonyl (C=O) groups excluding carboxylic acids is 5. The first-order valence-electron chi connectivity index (χ1n) is 32.3. The fourth-order valence-corrected chi connectivity index (χ4v) is 9.75. The fourth-order valence-electron chi connectivity index (χ4n) is 9.75. The normalized spacial score (nSPS) is 11.5. The Morgan fingerprint density at radius 2 is 0.618 bits per heavy atom. The smallest absolute Gasteiger partial charge is 0.465 e. The third kappa shape index (κ3) is 48.3. The van der Waals surface area contributed by atoms with Crippen LogP contribution >= 0.6 is 0 Å². The topological polar surface area (TPSA) is 144 Å². The quantitative estimate of drug-likeness (QED) is 0.0325. The lowest BCUT2D eigenvalue weighted by Gasteiger charge is -2.18. The van der Waals surface area contributed by atoms with Gasteiger partial charge in [-0.3, -0.25) is 19.2 Å². The van der Waals surface area contributed by atoms with Gasteiger partial charge in [0.25, 0.3) is 0 Å². The van der Waals surface area contributed by atoms with Crippen LogP contribution in [0.5, 0.6) is 0 Å². The van der Waals surface area contributed by atoms with Crippen LogP contribution in [-0.4, -0.2) is 94.2 Å². The largest absolute Gasteiger partial charge is 0.508 e. The SMILES string of the molecule is CCCCCCCCC(CCCCCCCC)C(=O)OCCCCCCCC(=O)OCC(COC(=O)CCCCCCCOC(=O)C(CCCCCCCC)CCCCCCCC)COC(=O)OCCCN(CC)CC. The van der Waals surface area contributed by atoms with Gasteiger partial charge in [-0.05, 0) is 70.9 Å². The number of carbonyl (C=O) groups is 5. The summed E-state index contributed by atoms with van der Waals surface area (Å²) in [5, 5.41) is 0. The van der Waals surface area contributed by atoms with Gasteiger partial charge in [0.1, 0.15) is 19.8 Å². The molecule has 0 aromatic rings. The Balaban J connectivity index is 4.77. The van der Waals surface area contributed by atoms with Crippen molar-refractivity contribution in [1.29, 1.82) is 0 Å². The van der Waals surface area contributed by atoms with Crippen LogP contribution in [0.4, 0.5) is 4.79 Å². The zero-order valence-electron chi connectivity index (χ0n) is 50.5. The molecule has 448 valence electrons. The molecule has 0 aliphatic carbocycles. The van der Waals surface area contributed by atoms with Gasteiger partial charge in [-0.1, -0.05) is 234 Å². The Labute approximate surface area is 467 Å². The van der Waals surface area contributed by atoms with Crippen molar-refractivity contribution >= 4 is 30.0 Å². The molecule has 0 rings (SSSR count). The predicted octanol–water partition coefficient (Wildman–Crippen LogP) is 17.6. The van der Waals surface area contributed by atoms with Crippen molar-refractivity contribution in [3.8, 4) is 0 Å². The Kier molecular flexibility index (Phi) is 54.7. The van der Waals surface area contributed by atoms with Crippen LogP contribution in [0.1, 0.15) is 305 Å². The Hall–Kier alpha value is -2.89. The number of ether oxygens (including phenoxy) is 6. The maximum Gasteiger partial charge on any atom is 0.508 e. The molecule has 0 unspecified atom stereocenters. The number of hydrogen-bond acceptors (Lipinski definition) is 12. The number of rotatable bonds is 58. The Morgan fingerprint density at radius 3 is 0.974 bits per heavy atom. The standard InChI is InChI=1S/C64H121NO11/c1-7-13-17-21-27-35-44-58(45-36-28-22-18-14-8-2)62(68)71-51-41-33-25-31-39-48-60(66)74-54-57(56-76-64(70)73-53-43-50-65(11-5)12-6)55-75-61(67)49-40-32-26-34-42-52-72-63(69)59(46-37-29-23-19-15-9-3)47-38-30-24-20-16-10-4/h57-59H,7-56H2,1-6H3. The minimum Gasteiger partial charge on any atom is -0.465 e. The van der Waals surface area contributed by atoms with E-state index in [9.17, 15) is 24.0 Å². The van der Waals surface area contributed by atoms with Crippen molar-refractivity contribution in [1.82, 2.24) is 4.90 Å². The lowest BCUT2D eigenvalue weighted by molar-refractivity contribution is -0.151. The molecule has 0 aromatic carbocycles. The van der Waals surface area contributed by atoms with Crippen LogP contribution in [0.25, 0.3) is 0 Å². The minimum absolute atomic E-state index is 0.0118. The van der Waals surface area contributed by atoms with E-state index in [0.29, 0.717) is 32.5 Å². The van der Waals surface area contributed by atoms with Gasteiger partial charge in [-0.25, -0.2) is 4.79 Å². The molecular weight excluding hydrogens is 959 g/mol. The molecule has 12 nitrogen and oxygen atoms in total. The van der Waals surface area contributed by atoms with Crippen LogP contribution in [0.2, 0.25) is 0 Å². The highest BCUT2D eigenvalue weighted by atomic mass is 16.7. The molecule has 12 heteroatoms. The van der Waals surface area contributed by atoms with Crippen LogP contribution in [0.15, 0.2) is 0 Å². The number of esters is 4. The summed E-state index contributed by atoms with van der Waals surface area (Å²) in [6.07, 6.45) is 41.9. The molecule has 0 atom stereocenters. The molecule has 0 aliphatic rings. The highest BCUT2D eigenvalue weighted by molar-refractivity contribution is 5.73. The average molecular weight is 1080 g/mol. The second-order valence-corrected chi connectivity index (χ2v) is 22.0. The lowest BCUT2D eigenvalue weighted by Crippen LogP contribution is -2.27. The summed E-state index contributed by atoms with van der Waals surface area (Å²) in [4.78, 5) is 66.5. The van der Waals surface area contributed by atoms with Crippen LogP contribution in [0.3, 0.4) is 0 Å². The van der Waals surface area contributed by atoms with E-state index in [-0.39, 0.29) is 75.0 Å². The Bertz CT molecular complexity index is 1210. The van der Waals surface area contributed by atoms with Crippen LogP contribution in [-0.2, 0) is 47.6 Å². The zero-order valence-corrected chi connectivity index (χ0v) is 50.5. The van der Waals surface area contributed by atoms with E-state index in [1.54, 1.807) is 0 Å². The molecular formula is C64H121NO11. The van der Waals surface area contributed by atoms with Gasteiger partial charge >= 0.3 is 30.0 Å². The third-order valence-electron chi connectivity index (χ3n) is 15.0. The molecule has 0 aliphatic heterocycles. The molecule has 0 radical (unpaired) electrons. The molecule has 0 fully saturated rings. The van der Waals surface area contributed by atoms with Gasteiger partial charge in [0.05, 0.1) is 37.6 Å². The first-order valence-corrected chi connectivity index (χ1v) is 32.3. The summed E-state index contributed by atoms with van der Waals surface area (Å²) in [5.74, 6) is -1.25. The second kappa shape index (κ2) is 56.8. The fraction of sp³-hybridized carbons (Fsp3) is 0.922. The van der Waals surface area contributed by atoms with E-state index in [1.165, 1.54) is 128 Å². The van der Waals surface area contributed by atoms with Crippen molar-refractivity contribution in [3.05, 3.63) is 0 Å². The predicted molar refractivity (Wildman–Crippen MR) is 311 cm³/mol. The van der Waals surface area contributed by atoms with E-state index in [2.05, 4.69) is 46.4 Å². The first-order chi connectivity index (χ1) is 37.1. The van der Waals surface area contributed by atoms with E-state index in [1.807, 2.05) is 0 Å². The summed E-state index contributed by atoms with van der Waals surface area (Å²) in [5.41, 5.74) is 0. The van der Waals surface area contributed by atoms with E-state index in [0.717, 1.165) is 122 Å². The second-order valence-electron chi connectivity index (χ2n) is 22.0. The van der Waals surface area contributed by atoms with E-state index >= 15 is 0 Å². The zero-order chi connectivity index (χ0) is 55.8. The van der Waals surface area contributed by atoms with Gasteiger partial charge in [-0.15, -0.1) is 0 Å². The molecule has 0 spiro atoms. The van der Waals surface area contributed by atoms with Crippen LogP contribution in [0, 0.1) is 17.8 Å². The van der Waals surface area contributed by atoms with E-state index in [4.69, 9.17) is 28.4 Å². The molecule has 0 bridgehead atoms. The van der Waals surface area contributed by atoms with Crippen molar-refractivity contribution < 1.29 is 52.4 Å². The molecule has 0 amide bonds. The van der Waals surface area contributed by atoms with Crippen molar-refractivity contribution in [3.63, 3.8) is 0 Å². The minimum atomic E-state index is -0.797. The third-order valence-corrected chi connectivity index (χ3v) is 15.0. The summed E-state index contributed by atoms with van der Waals surface area (Å²) in [6.45, 7) is 16.7. The van der Waals surface area contributed by atoms with E-state index < -0.39 is 12.1 Å². The molecule has 0 saturated heterocycles. The maximum atomic E-state index is 13.1. The molecule has 0 saturated carbocycles. The molecule has 76 heavy (non-hydrogen) atoms. The van der Waals surface area contributed by atoms with Crippen molar-refractivity contribution in [2.24, 2.45) is 17.8 Å². The summed E-state index contributed by atoms with van der Waals surface area (Å²) in [7, 11) is 0. The van der Waals surface area contributed by atoms with Gasteiger partial charge in [0.15, 0.2) is 0 Å². The van der Waals surface area contributed by atoms with Gasteiger partial charge in [0, 0.05) is 19.4 Å². The monoisotopic (exact) mass is 1080 g/mol. The first kappa shape index (κ1) is 73.1. The summed E-state index contributed by atoms with van der Waals surface area (Å²) >= 11 is 0. The van der Waals surface area contributed by atoms with Gasteiger partial charge in [0.2, 0.25) is 0 Å². The van der Waals surface area contributed by atoms with Crippen molar-refractivity contribution in [2.45, 2.75) is 305 Å². The summed E-state index contributed by atoms with van der Waals surface area (Å²) < 4.78 is 33.5. The van der Waals surface area contributed by atoms with Gasteiger partial charge < -0.3 is 33.3 Å². The number of unbranched alkanes of at least 4 members (excludes halogenated alkanes) is 28. The molecule has 0 aromatic heterocycles.